The molecule has 3 N–H and O–H groups in total. The number of hydrogen-bond acceptors (Lipinski definition) is 3. The van der Waals surface area contributed by atoms with Gasteiger partial charge in [-0.05, 0) is 57.8 Å². The average Bonchev–Trinajstić information content (AvgIpc) is 2.54. The normalized spacial score (nSPS) is 24.0. The zero-order chi connectivity index (χ0) is 14.7. The number of rotatable bonds is 4. The lowest BCUT2D eigenvalue weighted by Gasteiger charge is -2.25. The Labute approximate surface area is 117 Å². The number of alkyl carbamates (subject to hydrolysis) is 1. The van der Waals surface area contributed by atoms with Gasteiger partial charge in [0.1, 0.15) is 5.60 Å². The van der Waals surface area contributed by atoms with Crippen LogP contribution in [0.5, 0.6) is 0 Å². The number of carbonyl (C=O) groups is 1. The summed E-state index contributed by atoms with van der Waals surface area (Å²) in [5.74, 6) is 0.665. The van der Waals surface area contributed by atoms with Crippen molar-refractivity contribution in [1.29, 1.82) is 0 Å². The van der Waals surface area contributed by atoms with Crippen LogP contribution in [-0.2, 0) is 4.74 Å². The highest BCUT2D eigenvalue weighted by Gasteiger charge is 2.32. The minimum Gasteiger partial charge on any atom is -0.444 e. The maximum absolute atomic E-state index is 11.7. The molecule has 0 aromatic carbocycles. The highest BCUT2D eigenvalue weighted by Crippen LogP contribution is 2.42. The van der Waals surface area contributed by atoms with E-state index in [1.54, 1.807) is 0 Å². The molecule has 19 heavy (non-hydrogen) atoms. The zero-order valence-electron chi connectivity index (χ0n) is 13.1. The van der Waals surface area contributed by atoms with E-state index >= 15 is 0 Å². The van der Waals surface area contributed by atoms with Gasteiger partial charge in [0, 0.05) is 12.6 Å². The summed E-state index contributed by atoms with van der Waals surface area (Å²) in [5, 5.41) is 2.89. The molecule has 0 spiro atoms. The molecule has 0 aromatic heterocycles. The Morgan fingerprint density at radius 3 is 2.53 bits per heavy atom. The fourth-order valence-electron chi connectivity index (χ4n) is 2.87. The molecule has 1 aliphatic rings. The average molecular weight is 270 g/mol. The Morgan fingerprint density at radius 2 is 2.11 bits per heavy atom. The van der Waals surface area contributed by atoms with Crippen molar-refractivity contribution in [3.63, 3.8) is 0 Å². The Bertz CT molecular complexity index is 308. The molecule has 2 atom stereocenters. The number of hydrogen-bond donors (Lipinski definition) is 2. The van der Waals surface area contributed by atoms with Crippen molar-refractivity contribution < 1.29 is 9.53 Å². The number of ether oxygens (including phenoxy) is 1. The maximum atomic E-state index is 11.7. The van der Waals surface area contributed by atoms with Gasteiger partial charge in [-0.25, -0.2) is 4.79 Å². The van der Waals surface area contributed by atoms with Crippen LogP contribution >= 0.6 is 0 Å². The maximum Gasteiger partial charge on any atom is 0.407 e. The standard InChI is InChI=1S/C15H30N2O2/c1-14(2,3)19-13(18)17-12(10-16)8-11-6-7-15(4,5)9-11/h11-12H,6-10,16H2,1-5H3,(H,17,18). The Balaban J connectivity index is 2.40. The van der Waals surface area contributed by atoms with E-state index in [4.69, 9.17) is 10.5 Å². The first kappa shape index (κ1) is 16.3. The SMILES string of the molecule is CC1(C)CCC(CC(CN)NC(=O)OC(C)(C)C)C1. The first-order valence-corrected chi connectivity index (χ1v) is 7.31. The van der Waals surface area contributed by atoms with Crippen LogP contribution in [0.2, 0.25) is 0 Å². The molecule has 0 saturated heterocycles. The van der Waals surface area contributed by atoms with E-state index in [1.165, 1.54) is 19.3 Å². The number of amides is 1. The third-order valence-electron chi connectivity index (χ3n) is 3.69. The molecule has 4 heteroatoms. The van der Waals surface area contributed by atoms with E-state index < -0.39 is 5.60 Å². The van der Waals surface area contributed by atoms with Crippen molar-refractivity contribution in [1.82, 2.24) is 5.32 Å². The lowest BCUT2D eigenvalue weighted by molar-refractivity contribution is 0.0499. The fraction of sp³-hybridized carbons (Fsp3) is 0.933. The highest BCUT2D eigenvalue weighted by atomic mass is 16.6. The quantitative estimate of drug-likeness (QED) is 0.825. The van der Waals surface area contributed by atoms with Crippen LogP contribution in [0.3, 0.4) is 0 Å². The minimum absolute atomic E-state index is 0.0220. The number of nitrogens with two attached hydrogens (primary N) is 1. The molecule has 112 valence electrons. The third kappa shape index (κ3) is 6.28. The van der Waals surface area contributed by atoms with Crippen LogP contribution < -0.4 is 11.1 Å². The second-order valence-corrected chi connectivity index (χ2v) is 7.59. The van der Waals surface area contributed by atoms with Gasteiger partial charge in [-0.1, -0.05) is 13.8 Å². The van der Waals surface area contributed by atoms with Gasteiger partial charge in [-0.2, -0.15) is 0 Å². The molecule has 4 nitrogen and oxygen atoms in total. The molecule has 0 aromatic rings. The monoisotopic (exact) mass is 270 g/mol. The molecule has 0 bridgehead atoms. The molecule has 1 rings (SSSR count). The molecule has 1 fully saturated rings. The molecule has 0 aliphatic heterocycles. The van der Waals surface area contributed by atoms with Gasteiger partial charge in [-0.3, -0.25) is 0 Å². The molecule has 1 saturated carbocycles. The van der Waals surface area contributed by atoms with Crippen molar-refractivity contribution in [2.24, 2.45) is 17.1 Å². The van der Waals surface area contributed by atoms with E-state index in [0.29, 0.717) is 17.9 Å². The summed E-state index contributed by atoms with van der Waals surface area (Å²) in [7, 11) is 0. The van der Waals surface area contributed by atoms with Crippen molar-refractivity contribution >= 4 is 6.09 Å². The summed E-state index contributed by atoms with van der Waals surface area (Å²) in [6, 6.07) is 0.0220. The molecular formula is C15H30N2O2. The van der Waals surface area contributed by atoms with Crippen LogP contribution in [0.4, 0.5) is 4.79 Å². The van der Waals surface area contributed by atoms with E-state index in [1.807, 2.05) is 20.8 Å². The van der Waals surface area contributed by atoms with Crippen LogP contribution in [0.15, 0.2) is 0 Å². The van der Waals surface area contributed by atoms with Crippen molar-refractivity contribution in [3.8, 4) is 0 Å². The summed E-state index contributed by atoms with van der Waals surface area (Å²) in [5.41, 5.74) is 5.74. The van der Waals surface area contributed by atoms with E-state index in [-0.39, 0.29) is 12.1 Å². The Hall–Kier alpha value is -0.770. The van der Waals surface area contributed by atoms with Crippen LogP contribution in [0, 0.1) is 11.3 Å². The van der Waals surface area contributed by atoms with Gasteiger partial charge < -0.3 is 15.8 Å². The highest BCUT2D eigenvalue weighted by molar-refractivity contribution is 5.68. The summed E-state index contributed by atoms with van der Waals surface area (Å²) < 4.78 is 5.27. The van der Waals surface area contributed by atoms with E-state index in [0.717, 1.165) is 6.42 Å². The second-order valence-electron chi connectivity index (χ2n) is 7.59. The molecule has 1 amide bonds. The van der Waals surface area contributed by atoms with Gasteiger partial charge in [-0.15, -0.1) is 0 Å². The van der Waals surface area contributed by atoms with Crippen LogP contribution in [0.25, 0.3) is 0 Å². The first-order valence-electron chi connectivity index (χ1n) is 7.31. The molecule has 0 heterocycles. The van der Waals surface area contributed by atoms with Crippen LogP contribution in [-0.4, -0.2) is 24.3 Å². The van der Waals surface area contributed by atoms with E-state index in [2.05, 4.69) is 19.2 Å². The topological polar surface area (TPSA) is 64.3 Å². The van der Waals surface area contributed by atoms with Gasteiger partial charge in [0.15, 0.2) is 0 Å². The Morgan fingerprint density at radius 1 is 1.47 bits per heavy atom. The van der Waals surface area contributed by atoms with E-state index in [9.17, 15) is 4.79 Å². The molecule has 1 aliphatic carbocycles. The fourth-order valence-corrected chi connectivity index (χ4v) is 2.87. The smallest absolute Gasteiger partial charge is 0.407 e. The van der Waals surface area contributed by atoms with Crippen LogP contribution in [0.1, 0.15) is 60.3 Å². The zero-order valence-corrected chi connectivity index (χ0v) is 13.1. The van der Waals surface area contributed by atoms with Crippen molar-refractivity contribution in [2.75, 3.05) is 6.54 Å². The molecule has 0 radical (unpaired) electrons. The van der Waals surface area contributed by atoms with Gasteiger partial charge in [0.2, 0.25) is 0 Å². The van der Waals surface area contributed by atoms with Crippen molar-refractivity contribution in [2.45, 2.75) is 71.9 Å². The molecular weight excluding hydrogens is 240 g/mol. The van der Waals surface area contributed by atoms with Crippen molar-refractivity contribution in [3.05, 3.63) is 0 Å². The predicted molar refractivity (Wildman–Crippen MR) is 78.0 cm³/mol. The van der Waals surface area contributed by atoms with Gasteiger partial charge in [0.05, 0.1) is 0 Å². The number of carbonyl (C=O) groups excluding carboxylic acids is 1. The third-order valence-corrected chi connectivity index (χ3v) is 3.69. The lowest BCUT2D eigenvalue weighted by atomic mass is 9.89. The summed E-state index contributed by atoms with van der Waals surface area (Å²) in [6.45, 7) is 10.7. The number of nitrogens with one attached hydrogen (secondary N) is 1. The molecule has 2 unspecified atom stereocenters. The van der Waals surface area contributed by atoms with Gasteiger partial charge in [0.25, 0.3) is 0 Å². The summed E-state index contributed by atoms with van der Waals surface area (Å²) in [6.07, 6.45) is 4.32. The summed E-state index contributed by atoms with van der Waals surface area (Å²) >= 11 is 0. The lowest BCUT2D eigenvalue weighted by Crippen LogP contribution is -2.43. The predicted octanol–water partition coefficient (Wildman–Crippen LogP) is 3.05. The summed E-state index contributed by atoms with van der Waals surface area (Å²) in [4.78, 5) is 11.7. The van der Waals surface area contributed by atoms with Gasteiger partial charge >= 0.3 is 6.09 Å². The first-order chi connectivity index (χ1) is 8.61. The largest absolute Gasteiger partial charge is 0.444 e. The Kier molecular flexibility index (Phi) is 5.25. The second kappa shape index (κ2) is 6.12. The minimum atomic E-state index is -0.460.